The summed E-state index contributed by atoms with van der Waals surface area (Å²) in [6.07, 6.45) is 0.801. The third kappa shape index (κ3) is 2.87. The van der Waals surface area contributed by atoms with E-state index in [1.807, 2.05) is 6.92 Å². The first-order valence-electron chi connectivity index (χ1n) is 5.85. The fourth-order valence-corrected chi connectivity index (χ4v) is 3.38. The first kappa shape index (κ1) is 13.8. The minimum Gasteiger partial charge on any atom is -0.465 e. The van der Waals surface area contributed by atoms with Crippen molar-refractivity contribution in [2.75, 3.05) is 12.8 Å². The highest BCUT2D eigenvalue weighted by molar-refractivity contribution is 7.89. The zero-order valence-corrected chi connectivity index (χ0v) is 11.5. The number of hydrogen-bond acceptors (Lipinski definition) is 5. The Hall–Kier alpha value is -1.60. The van der Waals surface area contributed by atoms with Gasteiger partial charge >= 0.3 is 5.97 Å². The van der Waals surface area contributed by atoms with Gasteiger partial charge in [0.25, 0.3) is 0 Å². The summed E-state index contributed by atoms with van der Waals surface area (Å²) in [5.41, 5.74) is 5.85. The van der Waals surface area contributed by atoms with Crippen LogP contribution in [0.4, 0.5) is 5.69 Å². The Morgan fingerprint density at radius 3 is 2.63 bits per heavy atom. The Morgan fingerprint density at radius 2 is 2.11 bits per heavy atom. The quantitative estimate of drug-likeness (QED) is 0.627. The van der Waals surface area contributed by atoms with Crippen LogP contribution in [0.15, 0.2) is 23.1 Å². The predicted octanol–water partition coefficient (Wildman–Crippen LogP) is 0.742. The van der Waals surface area contributed by atoms with E-state index in [9.17, 15) is 13.2 Å². The van der Waals surface area contributed by atoms with Gasteiger partial charge < -0.3 is 10.5 Å². The lowest BCUT2D eigenvalue weighted by Crippen LogP contribution is -2.28. The second kappa shape index (κ2) is 4.82. The van der Waals surface area contributed by atoms with Gasteiger partial charge in [0, 0.05) is 11.7 Å². The number of benzene rings is 1. The van der Waals surface area contributed by atoms with Gasteiger partial charge in [0.05, 0.1) is 17.6 Å². The minimum absolute atomic E-state index is 0.0162. The third-order valence-corrected chi connectivity index (χ3v) is 4.65. The average Bonchev–Trinajstić information content (AvgIpc) is 3.02. The normalized spacial score (nSPS) is 22.0. The molecule has 7 heteroatoms. The van der Waals surface area contributed by atoms with Gasteiger partial charge in [-0.05, 0) is 30.5 Å². The molecular formula is C12H16N2O4S. The lowest BCUT2D eigenvalue weighted by Gasteiger charge is -2.10. The van der Waals surface area contributed by atoms with E-state index in [1.54, 1.807) is 0 Å². The summed E-state index contributed by atoms with van der Waals surface area (Å²) in [6, 6.07) is 4.01. The molecule has 1 aromatic carbocycles. The van der Waals surface area contributed by atoms with Gasteiger partial charge in [0.15, 0.2) is 0 Å². The third-order valence-electron chi connectivity index (χ3n) is 3.12. The van der Waals surface area contributed by atoms with Crippen molar-refractivity contribution >= 4 is 21.7 Å². The summed E-state index contributed by atoms with van der Waals surface area (Å²) >= 11 is 0. The molecule has 6 nitrogen and oxygen atoms in total. The van der Waals surface area contributed by atoms with Gasteiger partial charge in [0.2, 0.25) is 10.0 Å². The van der Waals surface area contributed by atoms with Gasteiger partial charge in [-0.2, -0.15) is 0 Å². The number of nitrogen functional groups attached to an aromatic ring is 1. The van der Waals surface area contributed by atoms with Crippen LogP contribution >= 0.6 is 0 Å². The van der Waals surface area contributed by atoms with Crippen LogP contribution in [0, 0.1) is 5.92 Å². The molecule has 104 valence electrons. The van der Waals surface area contributed by atoms with Crippen LogP contribution in [0.5, 0.6) is 0 Å². The Bertz CT molecular complexity index is 612. The first-order valence-corrected chi connectivity index (χ1v) is 7.33. The lowest BCUT2D eigenvalue weighted by molar-refractivity contribution is 0.0596. The molecule has 2 rings (SSSR count). The van der Waals surface area contributed by atoms with Crippen molar-refractivity contribution < 1.29 is 17.9 Å². The molecule has 0 radical (unpaired) electrons. The van der Waals surface area contributed by atoms with Crippen molar-refractivity contribution in [1.82, 2.24) is 4.72 Å². The van der Waals surface area contributed by atoms with Crippen LogP contribution in [-0.2, 0) is 14.8 Å². The van der Waals surface area contributed by atoms with E-state index in [0.29, 0.717) is 5.92 Å². The highest BCUT2D eigenvalue weighted by Gasteiger charge is 2.37. The number of esters is 1. The van der Waals surface area contributed by atoms with Gasteiger partial charge in [-0.25, -0.2) is 17.9 Å². The molecule has 2 atom stereocenters. The molecule has 1 fully saturated rings. The van der Waals surface area contributed by atoms with E-state index in [4.69, 9.17) is 5.73 Å². The number of anilines is 1. The van der Waals surface area contributed by atoms with Crippen LogP contribution < -0.4 is 10.5 Å². The fourth-order valence-electron chi connectivity index (χ4n) is 1.79. The van der Waals surface area contributed by atoms with Crippen molar-refractivity contribution in [2.45, 2.75) is 24.3 Å². The highest BCUT2D eigenvalue weighted by atomic mass is 32.2. The smallest absolute Gasteiger partial charge is 0.339 e. The Morgan fingerprint density at radius 1 is 1.47 bits per heavy atom. The molecule has 2 unspecified atom stereocenters. The monoisotopic (exact) mass is 284 g/mol. The molecular weight excluding hydrogens is 268 g/mol. The van der Waals surface area contributed by atoms with E-state index in [-0.39, 0.29) is 22.2 Å². The molecule has 0 aliphatic heterocycles. The van der Waals surface area contributed by atoms with Crippen LogP contribution in [0.25, 0.3) is 0 Å². The van der Waals surface area contributed by atoms with E-state index in [2.05, 4.69) is 9.46 Å². The van der Waals surface area contributed by atoms with Crippen molar-refractivity contribution in [2.24, 2.45) is 5.92 Å². The number of nitrogens with one attached hydrogen (secondary N) is 1. The molecule has 0 saturated heterocycles. The summed E-state index contributed by atoms with van der Waals surface area (Å²) in [6.45, 7) is 1.95. The van der Waals surface area contributed by atoms with E-state index in [0.717, 1.165) is 6.42 Å². The Kier molecular flexibility index (Phi) is 3.51. The number of sulfonamides is 1. The Balaban J connectivity index is 2.41. The van der Waals surface area contributed by atoms with Crippen LogP contribution in [0.3, 0.4) is 0 Å². The predicted molar refractivity (Wildman–Crippen MR) is 70.1 cm³/mol. The SMILES string of the molecule is COC(=O)c1ccc(N)cc1S(=O)(=O)NC1CC1C. The van der Waals surface area contributed by atoms with Crippen LogP contribution in [0.1, 0.15) is 23.7 Å². The molecule has 0 heterocycles. The molecule has 1 aliphatic rings. The summed E-state index contributed by atoms with van der Waals surface area (Å²) in [5.74, 6) is -0.387. The molecule has 0 aromatic heterocycles. The maximum absolute atomic E-state index is 12.2. The van der Waals surface area contributed by atoms with Crippen molar-refractivity contribution in [3.63, 3.8) is 0 Å². The molecule has 19 heavy (non-hydrogen) atoms. The van der Waals surface area contributed by atoms with E-state index < -0.39 is 16.0 Å². The molecule has 1 aliphatic carbocycles. The number of hydrogen-bond donors (Lipinski definition) is 2. The summed E-state index contributed by atoms with van der Waals surface area (Å²) in [5, 5.41) is 0. The number of ether oxygens (including phenoxy) is 1. The molecule has 0 bridgehead atoms. The number of carbonyl (C=O) groups is 1. The van der Waals surface area contributed by atoms with E-state index in [1.165, 1.54) is 25.3 Å². The standard InChI is InChI=1S/C12H16N2O4S/c1-7-5-10(7)14-19(16,17)11-6-8(13)3-4-9(11)12(15)18-2/h3-4,6-7,10,14H,5,13H2,1-2H3. The maximum atomic E-state index is 12.2. The highest BCUT2D eigenvalue weighted by Crippen LogP contribution is 2.31. The molecule has 1 aromatic rings. The number of rotatable bonds is 4. The first-order chi connectivity index (χ1) is 8.85. The molecule has 0 spiro atoms. The van der Waals surface area contributed by atoms with Gasteiger partial charge in [-0.1, -0.05) is 6.92 Å². The zero-order valence-electron chi connectivity index (χ0n) is 10.7. The molecule has 3 N–H and O–H groups in total. The zero-order chi connectivity index (χ0) is 14.2. The minimum atomic E-state index is -3.77. The number of carbonyl (C=O) groups excluding carboxylic acids is 1. The van der Waals surface area contributed by atoms with Crippen LogP contribution in [-0.4, -0.2) is 27.5 Å². The van der Waals surface area contributed by atoms with Crippen molar-refractivity contribution in [3.05, 3.63) is 23.8 Å². The van der Waals surface area contributed by atoms with Crippen LogP contribution in [0.2, 0.25) is 0 Å². The van der Waals surface area contributed by atoms with Crippen molar-refractivity contribution in [1.29, 1.82) is 0 Å². The largest absolute Gasteiger partial charge is 0.465 e. The number of nitrogens with two attached hydrogens (primary N) is 1. The molecule has 0 amide bonds. The second-order valence-electron chi connectivity index (χ2n) is 4.69. The Labute approximate surface area is 112 Å². The van der Waals surface area contributed by atoms with Gasteiger partial charge in [0.1, 0.15) is 0 Å². The fraction of sp³-hybridized carbons (Fsp3) is 0.417. The maximum Gasteiger partial charge on any atom is 0.339 e. The summed E-state index contributed by atoms with van der Waals surface area (Å²) < 4.78 is 31.6. The van der Waals surface area contributed by atoms with E-state index >= 15 is 0 Å². The topological polar surface area (TPSA) is 98.5 Å². The summed E-state index contributed by atoms with van der Waals surface area (Å²) in [7, 11) is -2.57. The van der Waals surface area contributed by atoms with Crippen molar-refractivity contribution in [3.8, 4) is 0 Å². The lowest BCUT2D eigenvalue weighted by atomic mass is 10.2. The number of methoxy groups -OCH3 is 1. The van der Waals surface area contributed by atoms with Gasteiger partial charge in [-0.3, -0.25) is 0 Å². The second-order valence-corrected chi connectivity index (χ2v) is 6.37. The summed E-state index contributed by atoms with van der Waals surface area (Å²) in [4.78, 5) is 11.5. The molecule has 1 saturated carbocycles. The van der Waals surface area contributed by atoms with Gasteiger partial charge in [-0.15, -0.1) is 0 Å². The average molecular weight is 284 g/mol.